The summed E-state index contributed by atoms with van der Waals surface area (Å²) in [7, 11) is 1.84. The second-order valence-corrected chi connectivity index (χ2v) is 4.99. The molecule has 1 aliphatic heterocycles. The first-order chi connectivity index (χ1) is 8.58. The van der Waals surface area contributed by atoms with Crippen molar-refractivity contribution in [3.8, 4) is 0 Å². The fourth-order valence-electron chi connectivity index (χ4n) is 2.08. The van der Waals surface area contributed by atoms with Crippen molar-refractivity contribution < 1.29 is 4.79 Å². The van der Waals surface area contributed by atoms with Gasteiger partial charge in [0, 0.05) is 32.2 Å². The number of hydrogen-bond acceptors (Lipinski definition) is 3. The molecule has 0 unspecified atom stereocenters. The number of rotatable bonds is 3. The number of nitrogens with two attached hydrogens (primary N) is 1. The largest absolute Gasteiger partial charge is 0.389 e. The van der Waals surface area contributed by atoms with Crippen molar-refractivity contribution in [2.24, 2.45) is 5.73 Å². The highest BCUT2D eigenvalue weighted by atomic mass is 32.1. The number of hydrogen-bond donors (Lipinski definition) is 1. The first-order valence-corrected chi connectivity index (χ1v) is 6.33. The minimum Gasteiger partial charge on any atom is -0.389 e. The van der Waals surface area contributed by atoms with Gasteiger partial charge >= 0.3 is 0 Å². The Labute approximate surface area is 112 Å². The van der Waals surface area contributed by atoms with Crippen LogP contribution >= 0.6 is 12.2 Å². The highest BCUT2D eigenvalue weighted by Gasteiger charge is 2.21. The van der Waals surface area contributed by atoms with E-state index in [1.165, 1.54) is 0 Å². The van der Waals surface area contributed by atoms with Gasteiger partial charge in [0.2, 0.25) is 5.91 Å². The molecule has 1 heterocycles. The summed E-state index contributed by atoms with van der Waals surface area (Å²) in [6.45, 7) is 2.83. The zero-order chi connectivity index (χ0) is 13.1. The van der Waals surface area contributed by atoms with Gasteiger partial charge in [0.1, 0.15) is 4.99 Å². The van der Waals surface area contributed by atoms with Gasteiger partial charge in [0.15, 0.2) is 0 Å². The van der Waals surface area contributed by atoms with Crippen LogP contribution in [0.25, 0.3) is 0 Å². The van der Waals surface area contributed by atoms with Crippen molar-refractivity contribution in [1.29, 1.82) is 0 Å². The molecule has 0 aromatic heterocycles. The highest BCUT2D eigenvalue weighted by Crippen LogP contribution is 2.13. The molecule has 0 radical (unpaired) electrons. The van der Waals surface area contributed by atoms with Crippen molar-refractivity contribution in [3.63, 3.8) is 0 Å². The molecule has 0 bridgehead atoms. The van der Waals surface area contributed by atoms with Gasteiger partial charge in [-0.25, -0.2) is 0 Å². The zero-order valence-corrected chi connectivity index (χ0v) is 11.2. The van der Waals surface area contributed by atoms with Crippen molar-refractivity contribution in [1.82, 2.24) is 9.80 Å². The number of piperazine rings is 1. The number of nitrogens with zero attached hydrogens (tertiary/aromatic N) is 2. The van der Waals surface area contributed by atoms with E-state index in [0.717, 1.165) is 24.2 Å². The molecule has 18 heavy (non-hydrogen) atoms. The molecule has 5 heteroatoms. The minimum absolute atomic E-state index is 0.161. The molecule has 96 valence electrons. The summed E-state index contributed by atoms with van der Waals surface area (Å²) >= 11 is 5.04. The van der Waals surface area contributed by atoms with Crippen LogP contribution in [0.5, 0.6) is 0 Å². The molecule has 0 spiro atoms. The SMILES string of the molecule is CN1CCN(Cc2ccccc2C(N)=S)CC1=O. The van der Waals surface area contributed by atoms with E-state index in [1.54, 1.807) is 4.90 Å². The average molecular weight is 263 g/mol. The van der Waals surface area contributed by atoms with Crippen molar-refractivity contribution in [2.75, 3.05) is 26.7 Å². The van der Waals surface area contributed by atoms with E-state index in [9.17, 15) is 4.79 Å². The second-order valence-electron chi connectivity index (χ2n) is 4.55. The third kappa shape index (κ3) is 2.86. The summed E-state index contributed by atoms with van der Waals surface area (Å²) < 4.78 is 0. The molecular formula is C13H17N3OS. The topological polar surface area (TPSA) is 49.6 Å². The maximum Gasteiger partial charge on any atom is 0.236 e. The lowest BCUT2D eigenvalue weighted by molar-refractivity contribution is -0.134. The fraction of sp³-hybridized carbons (Fsp3) is 0.385. The maximum absolute atomic E-state index is 11.6. The van der Waals surface area contributed by atoms with Gasteiger partial charge < -0.3 is 10.6 Å². The Balaban J connectivity index is 2.10. The Hall–Kier alpha value is -1.46. The number of benzene rings is 1. The Morgan fingerprint density at radius 1 is 1.39 bits per heavy atom. The van der Waals surface area contributed by atoms with Crippen molar-refractivity contribution >= 4 is 23.1 Å². The second kappa shape index (κ2) is 5.46. The summed E-state index contributed by atoms with van der Waals surface area (Å²) in [4.78, 5) is 15.9. The lowest BCUT2D eigenvalue weighted by atomic mass is 10.1. The Kier molecular flexibility index (Phi) is 3.93. The lowest BCUT2D eigenvalue weighted by Gasteiger charge is -2.32. The standard InChI is InChI=1S/C13H17N3OS/c1-15-6-7-16(9-12(15)17)8-10-4-2-3-5-11(10)13(14)18/h2-5H,6-9H2,1H3,(H2,14,18). The van der Waals surface area contributed by atoms with Gasteiger partial charge in [-0.1, -0.05) is 36.5 Å². The quantitative estimate of drug-likeness (QED) is 0.811. The third-order valence-electron chi connectivity index (χ3n) is 3.21. The molecule has 2 rings (SSSR count). The van der Waals surface area contributed by atoms with Gasteiger partial charge in [0.05, 0.1) is 6.54 Å². The van der Waals surface area contributed by atoms with E-state index in [4.69, 9.17) is 18.0 Å². The molecule has 1 saturated heterocycles. The molecule has 1 fully saturated rings. The molecule has 1 amide bonds. The van der Waals surface area contributed by atoms with Crippen LogP contribution in [0, 0.1) is 0 Å². The van der Waals surface area contributed by atoms with E-state index in [1.807, 2.05) is 31.3 Å². The summed E-state index contributed by atoms with van der Waals surface area (Å²) in [5, 5.41) is 0. The highest BCUT2D eigenvalue weighted by molar-refractivity contribution is 7.80. The van der Waals surface area contributed by atoms with Crippen molar-refractivity contribution in [3.05, 3.63) is 35.4 Å². The van der Waals surface area contributed by atoms with Crippen LogP contribution in [0.1, 0.15) is 11.1 Å². The number of carbonyl (C=O) groups is 1. The lowest BCUT2D eigenvalue weighted by Crippen LogP contribution is -2.48. The molecular weight excluding hydrogens is 246 g/mol. The third-order valence-corrected chi connectivity index (χ3v) is 3.43. The summed E-state index contributed by atoms with van der Waals surface area (Å²) in [6.07, 6.45) is 0. The van der Waals surface area contributed by atoms with Crippen LogP contribution < -0.4 is 5.73 Å². The van der Waals surface area contributed by atoms with Gasteiger partial charge in [-0.2, -0.15) is 0 Å². The average Bonchev–Trinajstić information content (AvgIpc) is 2.34. The van der Waals surface area contributed by atoms with Crippen LogP contribution in [-0.4, -0.2) is 47.4 Å². The fourth-order valence-corrected chi connectivity index (χ4v) is 2.28. The van der Waals surface area contributed by atoms with Crippen LogP contribution in [0.15, 0.2) is 24.3 Å². The van der Waals surface area contributed by atoms with Gasteiger partial charge in [0.25, 0.3) is 0 Å². The van der Waals surface area contributed by atoms with Crippen molar-refractivity contribution in [2.45, 2.75) is 6.54 Å². The Morgan fingerprint density at radius 2 is 2.11 bits per heavy atom. The number of amides is 1. The summed E-state index contributed by atoms with van der Waals surface area (Å²) in [5.74, 6) is 0.161. The van der Waals surface area contributed by atoms with Crippen LogP contribution in [0.2, 0.25) is 0 Å². The van der Waals surface area contributed by atoms with E-state index < -0.39 is 0 Å². The monoisotopic (exact) mass is 263 g/mol. The number of likely N-dealkylation sites (N-methyl/N-ethyl adjacent to an activating group) is 1. The number of thiocarbonyl (C=S) groups is 1. The molecule has 4 nitrogen and oxygen atoms in total. The van der Waals surface area contributed by atoms with E-state index in [-0.39, 0.29) is 5.91 Å². The molecule has 1 aromatic rings. The number of carbonyl (C=O) groups excluding carboxylic acids is 1. The zero-order valence-electron chi connectivity index (χ0n) is 10.4. The molecule has 1 aliphatic rings. The predicted molar refractivity (Wildman–Crippen MR) is 75.2 cm³/mol. The van der Waals surface area contributed by atoms with E-state index >= 15 is 0 Å². The first kappa shape index (κ1) is 13.0. The smallest absolute Gasteiger partial charge is 0.236 e. The van der Waals surface area contributed by atoms with Gasteiger partial charge in [-0.3, -0.25) is 9.69 Å². The molecule has 1 aromatic carbocycles. The minimum atomic E-state index is 0.161. The Morgan fingerprint density at radius 3 is 2.78 bits per heavy atom. The molecule has 0 saturated carbocycles. The molecule has 0 aliphatic carbocycles. The maximum atomic E-state index is 11.6. The summed E-state index contributed by atoms with van der Waals surface area (Å²) in [5.41, 5.74) is 7.69. The van der Waals surface area contributed by atoms with Gasteiger partial charge in [-0.15, -0.1) is 0 Å². The van der Waals surface area contributed by atoms with E-state index in [2.05, 4.69) is 4.90 Å². The van der Waals surface area contributed by atoms with Gasteiger partial charge in [-0.05, 0) is 5.56 Å². The molecule has 0 atom stereocenters. The predicted octanol–water partition coefficient (Wildman–Crippen LogP) is 0.595. The van der Waals surface area contributed by atoms with Crippen LogP contribution in [-0.2, 0) is 11.3 Å². The normalized spacial score (nSPS) is 16.9. The van der Waals surface area contributed by atoms with E-state index in [0.29, 0.717) is 18.1 Å². The molecule has 2 N–H and O–H groups in total. The first-order valence-electron chi connectivity index (χ1n) is 5.92. The van der Waals surface area contributed by atoms with Crippen LogP contribution in [0.3, 0.4) is 0 Å². The van der Waals surface area contributed by atoms with Crippen LogP contribution in [0.4, 0.5) is 0 Å². The summed E-state index contributed by atoms with van der Waals surface area (Å²) in [6, 6.07) is 7.83. The Bertz CT molecular complexity index is 475.